The van der Waals surface area contributed by atoms with E-state index in [1.54, 1.807) is 24.3 Å². The first kappa shape index (κ1) is 24.4. The molecule has 0 saturated heterocycles. The quantitative estimate of drug-likeness (QED) is 0.311. The van der Waals surface area contributed by atoms with Crippen molar-refractivity contribution in [2.45, 2.75) is 26.3 Å². The molecular weight excluding hydrogens is 358 g/mol. The zero-order chi connectivity index (χ0) is 20.7. The topological polar surface area (TPSA) is 131 Å². The van der Waals surface area contributed by atoms with E-state index >= 15 is 0 Å². The number of hydrogen-bond donors (Lipinski definition) is 3. The molecule has 0 bridgehead atoms. The molecule has 0 aliphatic rings. The van der Waals surface area contributed by atoms with Crippen molar-refractivity contribution >= 4 is 17.9 Å². The van der Waals surface area contributed by atoms with Gasteiger partial charge in [0.15, 0.2) is 0 Å². The van der Waals surface area contributed by atoms with Crippen LogP contribution in [0.5, 0.6) is 5.75 Å². The fraction of sp³-hybridized carbons (Fsp3) is 0.500. The molecule has 0 spiro atoms. The van der Waals surface area contributed by atoms with E-state index in [1.807, 2.05) is 0 Å². The number of methoxy groups -OCH3 is 1. The van der Waals surface area contributed by atoms with Crippen LogP contribution in [-0.4, -0.2) is 67.6 Å². The molecule has 1 aromatic carbocycles. The predicted molar refractivity (Wildman–Crippen MR) is 97.1 cm³/mol. The second-order valence-electron chi connectivity index (χ2n) is 5.35. The Bertz CT molecular complexity index is 561. The molecule has 0 aromatic heterocycles. The van der Waals surface area contributed by atoms with E-state index in [9.17, 15) is 4.79 Å². The van der Waals surface area contributed by atoms with Gasteiger partial charge in [-0.2, -0.15) is 0 Å². The molecule has 27 heavy (non-hydrogen) atoms. The van der Waals surface area contributed by atoms with Crippen molar-refractivity contribution in [3.8, 4) is 5.75 Å². The number of hydrogen-bond acceptors (Lipinski definition) is 7. The monoisotopic (exact) mass is 385 g/mol. The van der Waals surface area contributed by atoms with Gasteiger partial charge < -0.3 is 29.7 Å². The van der Waals surface area contributed by atoms with Gasteiger partial charge in [0, 0.05) is 12.6 Å². The smallest absolute Gasteiger partial charge is 0.414 e. The van der Waals surface area contributed by atoms with Crippen molar-refractivity contribution < 1.29 is 38.8 Å². The van der Waals surface area contributed by atoms with Gasteiger partial charge in [-0.25, -0.2) is 14.4 Å². The highest BCUT2D eigenvalue weighted by molar-refractivity contribution is 6.27. The lowest BCUT2D eigenvalue weighted by molar-refractivity contribution is -0.159. The van der Waals surface area contributed by atoms with Crippen LogP contribution in [0.1, 0.15) is 30.6 Å². The van der Waals surface area contributed by atoms with Gasteiger partial charge in [-0.15, -0.1) is 0 Å². The van der Waals surface area contributed by atoms with E-state index < -0.39 is 11.9 Å². The maximum absolute atomic E-state index is 11.3. The summed E-state index contributed by atoms with van der Waals surface area (Å²) in [6.45, 7) is 6.86. The summed E-state index contributed by atoms with van der Waals surface area (Å²) in [7, 11) is 1.36. The van der Waals surface area contributed by atoms with Crippen LogP contribution < -0.4 is 10.1 Å². The van der Waals surface area contributed by atoms with Crippen molar-refractivity contribution in [2.75, 3.05) is 33.5 Å². The molecule has 3 N–H and O–H groups in total. The fourth-order valence-corrected chi connectivity index (χ4v) is 1.65. The lowest BCUT2D eigenvalue weighted by Gasteiger charge is -2.11. The standard InChI is InChI=1S/C16H25NO4.C2H2O4/c1-4-13(2)17-9-10-20-11-12-21-15-7-5-14(6-8-15)16(18)19-3;3-1(4)2(5)6/h5-8,13,17H,4,9-12H2,1-3H3;(H,3,4)(H,5,6). The first-order valence-corrected chi connectivity index (χ1v) is 8.40. The summed E-state index contributed by atoms with van der Waals surface area (Å²) in [5.41, 5.74) is 0.511. The van der Waals surface area contributed by atoms with Crippen LogP contribution in [0.25, 0.3) is 0 Å². The predicted octanol–water partition coefficient (Wildman–Crippen LogP) is 1.41. The molecule has 152 valence electrons. The van der Waals surface area contributed by atoms with Crippen molar-refractivity contribution in [3.63, 3.8) is 0 Å². The van der Waals surface area contributed by atoms with Gasteiger partial charge in [0.05, 0.1) is 25.9 Å². The summed E-state index contributed by atoms with van der Waals surface area (Å²) >= 11 is 0. The van der Waals surface area contributed by atoms with E-state index in [0.717, 1.165) is 13.0 Å². The second kappa shape index (κ2) is 14.5. The number of carbonyl (C=O) groups excluding carboxylic acids is 1. The van der Waals surface area contributed by atoms with Gasteiger partial charge in [-0.3, -0.25) is 0 Å². The van der Waals surface area contributed by atoms with Crippen LogP contribution in [0.15, 0.2) is 24.3 Å². The number of rotatable bonds is 10. The number of carboxylic acid groups (broad SMARTS) is 2. The fourth-order valence-electron chi connectivity index (χ4n) is 1.65. The molecule has 0 radical (unpaired) electrons. The largest absolute Gasteiger partial charge is 0.491 e. The van der Waals surface area contributed by atoms with Crippen molar-refractivity contribution in [2.24, 2.45) is 0 Å². The maximum atomic E-state index is 11.3. The van der Waals surface area contributed by atoms with E-state index in [2.05, 4.69) is 23.9 Å². The molecule has 1 atom stereocenters. The number of carbonyl (C=O) groups is 3. The highest BCUT2D eigenvalue weighted by Gasteiger charge is 2.05. The highest BCUT2D eigenvalue weighted by Crippen LogP contribution is 2.12. The average molecular weight is 385 g/mol. The Labute approximate surface area is 158 Å². The molecule has 9 heteroatoms. The van der Waals surface area contributed by atoms with Crippen LogP contribution in [0.2, 0.25) is 0 Å². The van der Waals surface area contributed by atoms with Gasteiger partial charge >= 0.3 is 17.9 Å². The normalized spacial score (nSPS) is 10.9. The number of carboxylic acids is 2. The van der Waals surface area contributed by atoms with E-state index in [1.165, 1.54) is 7.11 Å². The summed E-state index contributed by atoms with van der Waals surface area (Å²) in [6.07, 6.45) is 1.12. The Morgan fingerprint density at radius 3 is 2.11 bits per heavy atom. The van der Waals surface area contributed by atoms with Gasteiger partial charge in [0.1, 0.15) is 12.4 Å². The van der Waals surface area contributed by atoms with E-state index in [4.69, 9.17) is 29.3 Å². The van der Waals surface area contributed by atoms with Crippen molar-refractivity contribution in [1.29, 1.82) is 0 Å². The van der Waals surface area contributed by atoms with Gasteiger partial charge in [0.25, 0.3) is 0 Å². The molecule has 9 nitrogen and oxygen atoms in total. The zero-order valence-corrected chi connectivity index (χ0v) is 15.8. The number of ether oxygens (including phenoxy) is 3. The summed E-state index contributed by atoms with van der Waals surface area (Å²) < 4.78 is 15.6. The lowest BCUT2D eigenvalue weighted by Crippen LogP contribution is -2.29. The molecule has 0 heterocycles. The Morgan fingerprint density at radius 2 is 1.63 bits per heavy atom. The first-order chi connectivity index (χ1) is 12.8. The molecule has 0 fully saturated rings. The third-order valence-electron chi connectivity index (χ3n) is 3.31. The minimum atomic E-state index is -1.82. The molecular formula is C18H27NO8. The average Bonchev–Trinajstić information content (AvgIpc) is 2.67. The molecule has 0 aliphatic heterocycles. The SMILES string of the molecule is CCC(C)NCCOCCOc1ccc(C(=O)OC)cc1.O=C(O)C(=O)O. The molecule has 1 unspecified atom stereocenters. The van der Waals surface area contributed by atoms with E-state index in [0.29, 0.717) is 37.2 Å². The summed E-state index contributed by atoms with van der Waals surface area (Å²) in [6, 6.07) is 7.38. The van der Waals surface area contributed by atoms with Crippen LogP contribution in [0.3, 0.4) is 0 Å². The summed E-state index contributed by atoms with van der Waals surface area (Å²) in [5, 5.41) is 18.1. The molecule has 0 aliphatic carbocycles. The first-order valence-electron chi connectivity index (χ1n) is 8.40. The van der Waals surface area contributed by atoms with Gasteiger partial charge in [-0.1, -0.05) is 6.92 Å². The highest BCUT2D eigenvalue weighted by atomic mass is 16.5. The van der Waals surface area contributed by atoms with Crippen molar-refractivity contribution in [3.05, 3.63) is 29.8 Å². The minimum absolute atomic E-state index is 0.348. The zero-order valence-electron chi connectivity index (χ0n) is 15.8. The Kier molecular flexibility index (Phi) is 13.1. The Hall–Kier alpha value is -2.65. The maximum Gasteiger partial charge on any atom is 0.414 e. The van der Waals surface area contributed by atoms with Gasteiger partial charge in [0.2, 0.25) is 0 Å². The van der Waals surface area contributed by atoms with Gasteiger partial charge in [-0.05, 0) is 37.6 Å². The number of nitrogens with one attached hydrogen (secondary N) is 1. The van der Waals surface area contributed by atoms with Crippen LogP contribution in [0.4, 0.5) is 0 Å². The number of benzene rings is 1. The summed E-state index contributed by atoms with van der Waals surface area (Å²) in [5.74, 6) is -3.28. The molecule has 0 amide bonds. The number of esters is 1. The minimum Gasteiger partial charge on any atom is -0.491 e. The Balaban J connectivity index is 0.000000972. The van der Waals surface area contributed by atoms with Crippen molar-refractivity contribution in [1.82, 2.24) is 5.32 Å². The van der Waals surface area contributed by atoms with E-state index in [-0.39, 0.29) is 5.97 Å². The molecule has 1 rings (SSSR count). The molecule has 0 saturated carbocycles. The lowest BCUT2D eigenvalue weighted by atomic mass is 10.2. The molecule has 1 aromatic rings. The third-order valence-corrected chi connectivity index (χ3v) is 3.31. The van der Waals surface area contributed by atoms with Crippen LogP contribution >= 0.6 is 0 Å². The van der Waals surface area contributed by atoms with Crippen LogP contribution in [-0.2, 0) is 19.1 Å². The second-order valence-corrected chi connectivity index (χ2v) is 5.35. The van der Waals surface area contributed by atoms with Crippen LogP contribution in [0, 0.1) is 0 Å². The summed E-state index contributed by atoms with van der Waals surface area (Å²) in [4.78, 5) is 29.5. The Morgan fingerprint density at radius 1 is 1.04 bits per heavy atom. The number of aliphatic carboxylic acids is 2. The third kappa shape index (κ3) is 12.4.